The van der Waals surface area contributed by atoms with E-state index in [1.165, 1.54) is 0 Å². The van der Waals surface area contributed by atoms with Gasteiger partial charge in [0.2, 0.25) is 0 Å². The Morgan fingerprint density at radius 3 is 1.64 bits per heavy atom. The molecule has 0 saturated carbocycles. The van der Waals surface area contributed by atoms with Crippen molar-refractivity contribution in [2.45, 2.75) is 0 Å². The van der Waals surface area contributed by atoms with E-state index in [1.807, 2.05) is 54.6 Å². The summed E-state index contributed by atoms with van der Waals surface area (Å²) in [4.78, 5) is 0. The van der Waals surface area contributed by atoms with Gasteiger partial charge in [-0.1, -0.05) is 0 Å². The summed E-state index contributed by atoms with van der Waals surface area (Å²) in [7, 11) is 11.3. The van der Waals surface area contributed by atoms with E-state index < -0.39 is 14.7 Å². The Morgan fingerprint density at radius 2 is 1.43 bits per heavy atom. The quantitative estimate of drug-likeness (QED) is 0.539. The van der Waals surface area contributed by atoms with Gasteiger partial charge in [0.05, 0.1) is 0 Å². The molecular weight excluding hydrogens is 353 g/mol. The summed E-state index contributed by atoms with van der Waals surface area (Å²) in [6, 6.07) is 17.8. The van der Waals surface area contributed by atoms with Crippen LogP contribution in [-0.2, 0) is 31.8 Å². The Morgan fingerprint density at radius 1 is 0.929 bits per heavy atom. The third kappa shape index (κ3) is 6.04. The van der Waals surface area contributed by atoms with Gasteiger partial charge in [-0.15, -0.1) is 0 Å². The van der Waals surface area contributed by atoms with Gasteiger partial charge in [-0.2, -0.15) is 18.2 Å². The molecule has 0 nitrogen and oxygen atoms in total. The molecule has 0 saturated heterocycles. The van der Waals surface area contributed by atoms with Gasteiger partial charge in [-0.05, 0) is 0 Å². The maximum atomic E-state index is 5.63. The summed E-state index contributed by atoms with van der Waals surface area (Å²) in [5, 5.41) is 0. The molecular formula is C10H9Cl2FePd. The summed E-state index contributed by atoms with van der Waals surface area (Å²) in [5.41, 5.74) is 0. The van der Waals surface area contributed by atoms with Crippen LogP contribution in [0.15, 0.2) is 54.6 Å². The molecule has 0 bridgehead atoms. The summed E-state index contributed by atoms with van der Waals surface area (Å²) >= 11 is -1.35. The van der Waals surface area contributed by atoms with Gasteiger partial charge in [0.25, 0.3) is 0 Å². The van der Waals surface area contributed by atoms with E-state index >= 15 is 0 Å². The average Bonchev–Trinajstić information content (AvgIpc) is 2.82. The number of hydrogen-bond acceptors (Lipinski definition) is 0. The van der Waals surface area contributed by atoms with E-state index in [0.717, 1.165) is 4.04 Å². The van der Waals surface area contributed by atoms with Gasteiger partial charge < -0.3 is 0 Å². The Hall–Kier alpha value is 0.462. The second-order valence-electron chi connectivity index (χ2n) is 2.19. The van der Waals surface area contributed by atoms with Crippen molar-refractivity contribution in [3.8, 4) is 0 Å². The molecule has 2 aromatic rings. The van der Waals surface area contributed by atoms with E-state index in [4.69, 9.17) is 19.1 Å². The van der Waals surface area contributed by atoms with Crippen LogP contribution >= 0.6 is 19.1 Å². The first-order valence-electron chi connectivity index (χ1n) is 3.64. The maximum absolute atomic E-state index is 5.63. The first kappa shape index (κ1) is 14.5. The predicted molar refractivity (Wildman–Crippen MR) is 55.4 cm³/mol. The van der Waals surface area contributed by atoms with E-state index in [9.17, 15) is 0 Å². The molecule has 4 heteroatoms. The van der Waals surface area contributed by atoms with Crippen LogP contribution in [0, 0.1) is 0 Å². The van der Waals surface area contributed by atoms with Crippen LogP contribution in [0.4, 0.5) is 0 Å². The number of hydrogen-bond donors (Lipinski definition) is 0. The van der Waals surface area contributed by atoms with Gasteiger partial charge in [0, 0.05) is 0 Å². The Labute approximate surface area is 109 Å². The second-order valence-corrected chi connectivity index (χ2v) is 7.45. The third-order valence-electron chi connectivity index (χ3n) is 1.29. The molecule has 2 rings (SSSR count). The SMILES string of the molecule is [Cl][Pd]([Cl])[c-]1cccc1.[Fe+2].c1cc[cH-]c1. The molecule has 0 aliphatic rings. The van der Waals surface area contributed by atoms with Crippen LogP contribution in [-0.4, -0.2) is 0 Å². The minimum absolute atomic E-state index is 0. The summed E-state index contributed by atoms with van der Waals surface area (Å²) in [5.74, 6) is 0. The van der Waals surface area contributed by atoms with Gasteiger partial charge >= 0.3 is 79.1 Å². The second kappa shape index (κ2) is 8.74. The number of halogens is 2. The van der Waals surface area contributed by atoms with Crippen molar-refractivity contribution in [2.24, 2.45) is 0 Å². The van der Waals surface area contributed by atoms with Gasteiger partial charge in [0.15, 0.2) is 0 Å². The molecule has 14 heavy (non-hydrogen) atoms. The van der Waals surface area contributed by atoms with Crippen LogP contribution < -0.4 is 4.04 Å². The molecule has 0 fully saturated rings. The fraction of sp³-hybridized carbons (Fsp3) is 0. The Balaban J connectivity index is 0.000000246. The normalized spacial score (nSPS) is 9.43. The summed E-state index contributed by atoms with van der Waals surface area (Å²) in [6.45, 7) is 0. The van der Waals surface area contributed by atoms with Crippen molar-refractivity contribution < 1.29 is 31.8 Å². The van der Waals surface area contributed by atoms with Crippen LogP contribution in [0.5, 0.6) is 0 Å². The summed E-state index contributed by atoms with van der Waals surface area (Å²) < 4.78 is 1.08. The molecule has 0 aliphatic heterocycles. The molecule has 81 valence electrons. The van der Waals surface area contributed by atoms with E-state index in [1.54, 1.807) is 0 Å². The summed E-state index contributed by atoms with van der Waals surface area (Å²) in [6.07, 6.45) is 0. The molecule has 2 aromatic carbocycles. The molecule has 0 radical (unpaired) electrons. The smallest absolute Gasteiger partial charge is 0.214 e. The first-order chi connectivity index (χ1) is 6.30. The van der Waals surface area contributed by atoms with Crippen LogP contribution in [0.3, 0.4) is 0 Å². The zero-order valence-electron chi connectivity index (χ0n) is 7.12. The Kier molecular flexibility index (Phi) is 9.03. The first-order valence-corrected chi connectivity index (χ1v) is 8.42. The topological polar surface area (TPSA) is 0 Å². The molecule has 0 aromatic heterocycles. The Bertz CT molecular complexity index is 273. The molecule has 0 unspecified atom stereocenters. The monoisotopic (exact) mass is 361 g/mol. The largest absolute Gasteiger partial charge is 2.00 e. The standard InChI is InChI=1S/C5H5.C5H4.2ClH.Fe.Pd/c2*1-2-4-5-3-1;;;;/h1-5H;1-4H;2*1H;;/q2*-1;;;2*+2/p-2. The molecule has 0 aliphatic carbocycles. The van der Waals surface area contributed by atoms with Crippen LogP contribution in [0.1, 0.15) is 0 Å². The fourth-order valence-corrected chi connectivity index (χ4v) is 2.37. The van der Waals surface area contributed by atoms with Crippen molar-refractivity contribution in [2.75, 3.05) is 0 Å². The van der Waals surface area contributed by atoms with E-state index in [2.05, 4.69) is 0 Å². The van der Waals surface area contributed by atoms with Gasteiger partial charge in [-0.25, -0.2) is 12.1 Å². The molecule has 0 amide bonds. The van der Waals surface area contributed by atoms with Crippen LogP contribution in [0.25, 0.3) is 0 Å². The maximum Gasteiger partial charge on any atom is 2.00 e. The van der Waals surface area contributed by atoms with Crippen molar-refractivity contribution in [3.63, 3.8) is 0 Å². The van der Waals surface area contributed by atoms with Crippen molar-refractivity contribution >= 4 is 23.1 Å². The zero-order valence-corrected chi connectivity index (χ0v) is 11.3. The average molecular weight is 362 g/mol. The van der Waals surface area contributed by atoms with Crippen molar-refractivity contribution in [1.29, 1.82) is 0 Å². The predicted octanol–water partition coefficient (Wildman–Crippen LogP) is 3.36. The van der Waals surface area contributed by atoms with E-state index in [-0.39, 0.29) is 17.1 Å². The van der Waals surface area contributed by atoms with Crippen LogP contribution in [0.2, 0.25) is 0 Å². The van der Waals surface area contributed by atoms with Crippen molar-refractivity contribution in [1.82, 2.24) is 0 Å². The molecule has 0 heterocycles. The number of rotatable bonds is 1. The molecule has 0 spiro atoms. The minimum Gasteiger partial charge on any atom is -0.214 e. The van der Waals surface area contributed by atoms with Gasteiger partial charge in [0.1, 0.15) is 0 Å². The van der Waals surface area contributed by atoms with Crippen molar-refractivity contribution in [3.05, 3.63) is 54.6 Å². The van der Waals surface area contributed by atoms with E-state index in [0.29, 0.717) is 0 Å². The third-order valence-corrected chi connectivity index (χ3v) is 4.12. The fourth-order valence-electron chi connectivity index (χ4n) is 0.739. The molecule has 0 N–H and O–H groups in total. The minimum atomic E-state index is -1.35. The molecule has 0 atom stereocenters. The zero-order chi connectivity index (χ0) is 9.52. The van der Waals surface area contributed by atoms with Gasteiger partial charge in [-0.3, -0.25) is 0 Å².